The van der Waals surface area contributed by atoms with Crippen LogP contribution in [0.4, 0.5) is 4.79 Å². The molecule has 0 aromatic carbocycles. The van der Waals surface area contributed by atoms with Crippen molar-refractivity contribution in [1.82, 2.24) is 20.0 Å². The quantitative estimate of drug-likeness (QED) is 0.901. The summed E-state index contributed by atoms with van der Waals surface area (Å²) in [4.78, 5) is 16.6. The molecule has 6 nitrogen and oxygen atoms in total. The van der Waals surface area contributed by atoms with Gasteiger partial charge in [-0.3, -0.25) is 0 Å². The average Bonchev–Trinajstić information content (AvgIpc) is 3.08. The lowest BCUT2D eigenvalue weighted by Gasteiger charge is -2.43. The van der Waals surface area contributed by atoms with Gasteiger partial charge in [-0.1, -0.05) is 19.3 Å². The van der Waals surface area contributed by atoms with Crippen molar-refractivity contribution < 1.29 is 9.53 Å². The predicted octanol–water partition coefficient (Wildman–Crippen LogP) is 3.02. The van der Waals surface area contributed by atoms with Gasteiger partial charge in [0.05, 0.1) is 5.60 Å². The third-order valence-electron chi connectivity index (χ3n) is 5.51. The molecule has 0 unspecified atom stereocenters. The van der Waals surface area contributed by atoms with E-state index in [1.807, 2.05) is 28.9 Å². The van der Waals surface area contributed by atoms with Crippen LogP contribution in [0.1, 0.15) is 50.5 Å². The van der Waals surface area contributed by atoms with Crippen LogP contribution in [0.15, 0.2) is 30.7 Å². The van der Waals surface area contributed by atoms with Crippen molar-refractivity contribution in [3.05, 3.63) is 36.3 Å². The van der Waals surface area contributed by atoms with E-state index in [-0.39, 0.29) is 17.7 Å². The number of amides is 2. The van der Waals surface area contributed by atoms with Crippen molar-refractivity contribution in [2.75, 3.05) is 6.61 Å². The Morgan fingerprint density at radius 2 is 2.20 bits per heavy atom. The number of carbonyl (C=O) groups is 1. The highest BCUT2D eigenvalue weighted by Crippen LogP contribution is 2.38. The molecule has 3 heterocycles. The van der Waals surface area contributed by atoms with Crippen molar-refractivity contribution in [2.45, 2.75) is 63.1 Å². The molecular formula is C19H26N4O2. The number of rotatable bonds is 3. The van der Waals surface area contributed by atoms with Crippen LogP contribution in [-0.4, -0.2) is 33.7 Å². The van der Waals surface area contributed by atoms with E-state index >= 15 is 0 Å². The molecule has 25 heavy (non-hydrogen) atoms. The minimum atomic E-state index is -0.0962. The first-order valence-corrected chi connectivity index (χ1v) is 9.32. The summed E-state index contributed by atoms with van der Waals surface area (Å²) in [6.07, 6.45) is 13.6. The van der Waals surface area contributed by atoms with Crippen molar-refractivity contribution >= 4 is 11.7 Å². The average molecular weight is 342 g/mol. The van der Waals surface area contributed by atoms with Gasteiger partial charge in [-0.15, -0.1) is 0 Å². The van der Waals surface area contributed by atoms with Gasteiger partial charge >= 0.3 is 6.03 Å². The lowest BCUT2D eigenvalue weighted by Crippen LogP contribution is -2.51. The zero-order valence-electron chi connectivity index (χ0n) is 14.5. The monoisotopic (exact) mass is 342 g/mol. The lowest BCUT2D eigenvalue weighted by atomic mass is 9.78. The number of fused-ring (bicyclic) bond motifs is 1. The van der Waals surface area contributed by atoms with Gasteiger partial charge in [-0.05, 0) is 43.4 Å². The van der Waals surface area contributed by atoms with E-state index < -0.39 is 0 Å². The Labute approximate surface area is 148 Å². The van der Waals surface area contributed by atoms with Crippen molar-refractivity contribution in [3.63, 3.8) is 0 Å². The second-order valence-corrected chi connectivity index (χ2v) is 7.34. The molecule has 1 atom stereocenters. The number of imidazole rings is 1. The fourth-order valence-electron chi connectivity index (χ4n) is 4.18. The molecule has 1 saturated heterocycles. The van der Waals surface area contributed by atoms with Crippen LogP contribution in [-0.2, 0) is 11.3 Å². The van der Waals surface area contributed by atoms with Gasteiger partial charge in [0.15, 0.2) is 0 Å². The van der Waals surface area contributed by atoms with Gasteiger partial charge in [0.25, 0.3) is 0 Å². The highest BCUT2D eigenvalue weighted by Gasteiger charge is 2.38. The van der Waals surface area contributed by atoms with Gasteiger partial charge in [-0.25, -0.2) is 9.78 Å². The Kier molecular flexibility index (Phi) is 4.61. The Hall–Kier alpha value is -2.08. The molecule has 2 aromatic heterocycles. The third-order valence-corrected chi connectivity index (χ3v) is 5.51. The highest BCUT2D eigenvalue weighted by atomic mass is 16.5. The number of aromatic nitrogens is 2. The van der Waals surface area contributed by atoms with Crippen LogP contribution in [0.25, 0.3) is 5.65 Å². The van der Waals surface area contributed by atoms with Crippen LogP contribution in [0.5, 0.6) is 0 Å². The summed E-state index contributed by atoms with van der Waals surface area (Å²) in [6.45, 7) is 1.26. The number of nitrogens with one attached hydrogen (secondary N) is 2. The first-order valence-electron chi connectivity index (χ1n) is 9.32. The fourth-order valence-corrected chi connectivity index (χ4v) is 4.18. The Balaban J connectivity index is 1.29. The summed E-state index contributed by atoms with van der Waals surface area (Å²) >= 11 is 0. The minimum absolute atomic E-state index is 0.0140. The maximum atomic E-state index is 12.3. The number of nitrogens with zero attached hydrogens (tertiary/aromatic N) is 2. The van der Waals surface area contributed by atoms with Crippen LogP contribution in [0, 0.1) is 0 Å². The molecule has 4 rings (SSSR count). The fraction of sp³-hybridized carbons (Fsp3) is 0.579. The predicted molar refractivity (Wildman–Crippen MR) is 95.4 cm³/mol. The summed E-state index contributed by atoms with van der Waals surface area (Å²) in [5.74, 6) is 0. The van der Waals surface area contributed by atoms with Gasteiger partial charge in [0.2, 0.25) is 0 Å². The molecule has 1 aliphatic carbocycles. The normalized spacial score (nSPS) is 22.8. The lowest BCUT2D eigenvalue weighted by molar-refractivity contribution is -0.107. The van der Waals surface area contributed by atoms with E-state index in [0.29, 0.717) is 6.54 Å². The van der Waals surface area contributed by atoms with Gasteiger partial charge in [0, 0.05) is 37.8 Å². The first kappa shape index (κ1) is 16.4. The smallest absolute Gasteiger partial charge is 0.315 e. The third kappa shape index (κ3) is 3.79. The van der Waals surface area contributed by atoms with Crippen molar-refractivity contribution in [3.8, 4) is 0 Å². The van der Waals surface area contributed by atoms with E-state index in [4.69, 9.17) is 4.74 Å². The Morgan fingerprint density at radius 1 is 1.32 bits per heavy atom. The summed E-state index contributed by atoms with van der Waals surface area (Å²) in [6, 6.07) is 4.11. The van der Waals surface area contributed by atoms with E-state index in [0.717, 1.165) is 43.5 Å². The molecule has 1 spiro atoms. The van der Waals surface area contributed by atoms with E-state index in [1.54, 1.807) is 6.20 Å². The zero-order valence-corrected chi connectivity index (χ0v) is 14.5. The van der Waals surface area contributed by atoms with Crippen LogP contribution in [0.3, 0.4) is 0 Å². The summed E-state index contributed by atoms with van der Waals surface area (Å²) in [5.41, 5.74) is 1.95. The number of hydrogen-bond donors (Lipinski definition) is 2. The van der Waals surface area contributed by atoms with Crippen LogP contribution in [0.2, 0.25) is 0 Å². The van der Waals surface area contributed by atoms with Crippen LogP contribution >= 0.6 is 0 Å². The molecular weight excluding hydrogens is 316 g/mol. The minimum Gasteiger partial charge on any atom is -0.375 e. The number of pyridine rings is 1. The summed E-state index contributed by atoms with van der Waals surface area (Å²) < 4.78 is 8.05. The second-order valence-electron chi connectivity index (χ2n) is 7.34. The molecule has 0 bridgehead atoms. The number of hydrogen-bond acceptors (Lipinski definition) is 3. The molecule has 1 saturated carbocycles. The van der Waals surface area contributed by atoms with Gasteiger partial charge in [0.1, 0.15) is 5.65 Å². The molecule has 2 amide bonds. The Bertz CT molecular complexity index is 730. The summed E-state index contributed by atoms with van der Waals surface area (Å²) in [7, 11) is 0. The molecule has 2 aliphatic rings. The first-order chi connectivity index (χ1) is 12.2. The maximum Gasteiger partial charge on any atom is 0.315 e. The molecule has 1 aliphatic heterocycles. The Morgan fingerprint density at radius 3 is 3.08 bits per heavy atom. The van der Waals surface area contributed by atoms with Crippen molar-refractivity contribution in [1.29, 1.82) is 0 Å². The molecule has 6 heteroatoms. The zero-order chi connectivity index (χ0) is 17.1. The van der Waals surface area contributed by atoms with Gasteiger partial charge in [-0.2, -0.15) is 0 Å². The second kappa shape index (κ2) is 7.04. The van der Waals surface area contributed by atoms with E-state index in [9.17, 15) is 4.79 Å². The molecule has 2 aromatic rings. The van der Waals surface area contributed by atoms with Gasteiger partial charge < -0.3 is 19.8 Å². The van der Waals surface area contributed by atoms with Crippen LogP contribution < -0.4 is 10.6 Å². The SMILES string of the molecule is O=C(NCc1ccn2ccnc2c1)N[C@@H]1CCOC2(CCCCC2)C1. The highest BCUT2D eigenvalue weighted by molar-refractivity contribution is 5.74. The number of ether oxygens (including phenoxy) is 1. The number of carbonyl (C=O) groups excluding carboxylic acids is 1. The summed E-state index contributed by atoms with van der Waals surface area (Å²) in [5, 5.41) is 6.11. The largest absolute Gasteiger partial charge is 0.375 e. The topological polar surface area (TPSA) is 67.7 Å². The molecule has 2 N–H and O–H groups in total. The van der Waals surface area contributed by atoms with E-state index in [1.165, 1.54) is 19.3 Å². The standard InChI is InChI=1S/C19H26N4O2/c24-18(21-14-15-4-9-23-10-8-20-17(23)12-15)22-16-5-11-25-19(13-16)6-2-1-3-7-19/h4,8-10,12,16H,1-3,5-7,11,13-14H2,(H2,21,22,24)/t16-/m1/s1. The number of urea groups is 1. The molecule has 134 valence electrons. The van der Waals surface area contributed by atoms with Crippen molar-refractivity contribution in [2.24, 2.45) is 0 Å². The molecule has 0 radical (unpaired) electrons. The maximum absolute atomic E-state index is 12.3. The molecule has 2 fully saturated rings. The van der Waals surface area contributed by atoms with E-state index in [2.05, 4.69) is 15.6 Å².